The number of alkyl halides is 1. The number of nitrogens with one attached hydrogen (secondary N) is 3. The first-order chi connectivity index (χ1) is 23.5. The molecule has 2 aromatic carbocycles. The van der Waals surface area contributed by atoms with E-state index in [9.17, 15) is 19.2 Å². The zero-order chi connectivity index (χ0) is 37.5. The molecule has 3 atom stereocenters. The number of esters is 2. The minimum atomic E-state index is -1.18. The van der Waals surface area contributed by atoms with E-state index < -0.39 is 30.4 Å². The lowest BCUT2D eigenvalue weighted by Gasteiger charge is -2.31. The molecule has 2 aromatic rings. The summed E-state index contributed by atoms with van der Waals surface area (Å²) in [6, 6.07) is 11.7. The van der Waals surface area contributed by atoms with E-state index in [-0.39, 0.29) is 36.3 Å². The molecule has 3 N–H and O–H groups in total. The molecule has 12 heteroatoms. The number of alkyl carbamates (subject to hydrolysis) is 1. The van der Waals surface area contributed by atoms with Gasteiger partial charge in [0.2, 0.25) is 6.29 Å². The highest BCUT2D eigenvalue weighted by molar-refractivity contribution is 6.17. The molecule has 0 radical (unpaired) electrons. The molecule has 0 heterocycles. The number of ether oxygens (including phenoxy) is 3. The van der Waals surface area contributed by atoms with Crippen LogP contribution in [0, 0.1) is 30.6 Å². The van der Waals surface area contributed by atoms with Crippen molar-refractivity contribution in [2.45, 2.75) is 100 Å². The van der Waals surface area contributed by atoms with Crippen LogP contribution in [0.5, 0.6) is 0 Å². The van der Waals surface area contributed by atoms with Crippen molar-refractivity contribution in [1.29, 1.82) is 0 Å². The number of rotatable bonds is 18. The molecule has 0 aliphatic heterocycles. The van der Waals surface area contributed by atoms with E-state index in [1.807, 2.05) is 56.3 Å². The lowest BCUT2D eigenvalue weighted by Crippen LogP contribution is -2.47. The van der Waals surface area contributed by atoms with E-state index in [2.05, 4.69) is 48.5 Å². The quantitative estimate of drug-likeness (QED) is 0.0793. The van der Waals surface area contributed by atoms with Crippen LogP contribution >= 0.6 is 11.6 Å². The lowest BCUT2D eigenvalue weighted by molar-refractivity contribution is -0.198. The molecule has 0 aromatic heterocycles. The van der Waals surface area contributed by atoms with Gasteiger partial charge >= 0.3 is 24.1 Å². The maximum atomic E-state index is 13.4. The van der Waals surface area contributed by atoms with Gasteiger partial charge in [-0.1, -0.05) is 97.7 Å². The fraction of sp³-hybridized carbons (Fsp3) is 0.579. The van der Waals surface area contributed by atoms with Gasteiger partial charge in [-0.2, -0.15) is 0 Å². The van der Waals surface area contributed by atoms with Crippen molar-refractivity contribution in [3.63, 3.8) is 0 Å². The van der Waals surface area contributed by atoms with E-state index in [0.29, 0.717) is 29.6 Å². The van der Waals surface area contributed by atoms with E-state index in [1.54, 1.807) is 27.7 Å². The van der Waals surface area contributed by atoms with Crippen molar-refractivity contribution in [3.05, 3.63) is 53.6 Å². The number of carbonyl (C=O) groups excluding carboxylic acids is 4. The van der Waals surface area contributed by atoms with Gasteiger partial charge in [0.1, 0.15) is 6.04 Å². The number of urea groups is 1. The fourth-order valence-electron chi connectivity index (χ4n) is 5.33. The molecule has 0 fully saturated rings. The SMILES string of the molecule is CC[C@@H](CC(=O)O[C@@H](OC(=O)[C@@H](NC(=O)OCCl)C(C)C)C(C)C)c1ccc(N(CC(C)C)CC(C)C)c(NC(=O)Nc2ccc(C)cc2)c1. The fourth-order valence-corrected chi connectivity index (χ4v) is 5.43. The summed E-state index contributed by atoms with van der Waals surface area (Å²) in [5.74, 6) is -1.48. The van der Waals surface area contributed by atoms with Gasteiger partial charge < -0.3 is 35.1 Å². The molecule has 2 rings (SSSR count). The Morgan fingerprint density at radius 2 is 1.44 bits per heavy atom. The topological polar surface area (TPSA) is 135 Å². The molecule has 278 valence electrons. The second kappa shape index (κ2) is 20.6. The van der Waals surface area contributed by atoms with Crippen LogP contribution in [-0.4, -0.2) is 55.6 Å². The number of anilines is 3. The highest BCUT2D eigenvalue weighted by Crippen LogP contribution is 2.34. The van der Waals surface area contributed by atoms with Crippen molar-refractivity contribution in [2.75, 3.05) is 34.7 Å². The van der Waals surface area contributed by atoms with E-state index in [0.717, 1.165) is 29.9 Å². The summed E-state index contributed by atoms with van der Waals surface area (Å²) in [7, 11) is 0. The van der Waals surface area contributed by atoms with E-state index in [4.69, 9.17) is 25.8 Å². The molecule has 0 aliphatic rings. The number of hydrogen-bond acceptors (Lipinski definition) is 8. The van der Waals surface area contributed by atoms with Crippen LogP contribution in [-0.2, 0) is 23.8 Å². The van der Waals surface area contributed by atoms with Crippen molar-refractivity contribution in [1.82, 2.24) is 5.32 Å². The van der Waals surface area contributed by atoms with Crippen LogP contribution in [0.4, 0.5) is 26.7 Å². The number of nitrogens with zero attached hydrogens (tertiary/aromatic N) is 1. The summed E-state index contributed by atoms with van der Waals surface area (Å²) in [6.45, 7) is 21.2. The zero-order valence-corrected chi connectivity index (χ0v) is 32.1. The minimum Gasteiger partial charge on any atom is -0.433 e. The average molecular weight is 717 g/mol. The zero-order valence-electron chi connectivity index (χ0n) is 31.3. The average Bonchev–Trinajstić information content (AvgIpc) is 3.02. The Hall–Kier alpha value is -3.99. The van der Waals surface area contributed by atoms with Gasteiger partial charge in [-0.05, 0) is 66.8 Å². The Morgan fingerprint density at radius 3 is 1.96 bits per heavy atom. The van der Waals surface area contributed by atoms with Gasteiger partial charge in [-0.25, -0.2) is 14.4 Å². The molecule has 0 saturated heterocycles. The molecule has 0 aliphatic carbocycles. The Balaban J connectivity index is 2.33. The first kappa shape index (κ1) is 42.2. The van der Waals surface area contributed by atoms with Gasteiger partial charge in [0.25, 0.3) is 0 Å². The van der Waals surface area contributed by atoms with Gasteiger partial charge in [-0.3, -0.25) is 4.79 Å². The first-order valence-corrected chi connectivity index (χ1v) is 18.0. The third kappa shape index (κ3) is 14.1. The molecular weight excluding hydrogens is 660 g/mol. The predicted molar refractivity (Wildman–Crippen MR) is 200 cm³/mol. The maximum absolute atomic E-state index is 13.4. The van der Waals surface area contributed by atoms with Gasteiger partial charge in [0.15, 0.2) is 6.07 Å². The monoisotopic (exact) mass is 716 g/mol. The van der Waals surface area contributed by atoms with Crippen LogP contribution < -0.4 is 20.9 Å². The van der Waals surface area contributed by atoms with Crippen LogP contribution in [0.2, 0.25) is 0 Å². The highest BCUT2D eigenvalue weighted by atomic mass is 35.5. The molecule has 0 spiro atoms. The number of benzene rings is 2. The van der Waals surface area contributed by atoms with Gasteiger partial charge in [0, 0.05) is 24.7 Å². The number of aryl methyl sites for hydroxylation is 1. The van der Waals surface area contributed by atoms with Crippen LogP contribution in [0.15, 0.2) is 42.5 Å². The summed E-state index contributed by atoms with van der Waals surface area (Å²) in [4.78, 5) is 53.9. The summed E-state index contributed by atoms with van der Waals surface area (Å²) in [5.41, 5.74) is 4.14. The number of amides is 3. The molecular formula is C38H57ClN4O7. The van der Waals surface area contributed by atoms with Crippen LogP contribution in [0.3, 0.4) is 0 Å². The highest BCUT2D eigenvalue weighted by Gasteiger charge is 2.32. The molecule has 11 nitrogen and oxygen atoms in total. The Labute approximate surface area is 303 Å². The third-order valence-corrected chi connectivity index (χ3v) is 7.98. The molecule has 0 saturated carbocycles. The van der Waals surface area contributed by atoms with Crippen molar-refractivity contribution >= 4 is 52.7 Å². The molecule has 0 bridgehead atoms. The van der Waals surface area contributed by atoms with Gasteiger partial charge in [-0.15, -0.1) is 0 Å². The maximum Gasteiger partial charge on any atom is 0.409 e. The number of carbonyl (C=O) groups is 4. The summed E-state index contributed by atoms with van der Waals surface area (Å²) >= 11 is 5.46. The van der Waals surface area contributed by atoms with Crippen molar-refractivity contribution in [2.24, 2.45) is 23.7 Å². The largest absolute Gasteiger partial charge is 0.433 e. The molecule has 3 amide bonds. The van der Waals surface area contributed by atoms with Crippen molar-refractivity contribution < 1.29 is 33.4 Å². The minimum absolute atomic E-state index is 0.0151. The lowest BCUT2D eigenvalue weighted by atomic mass is 9.92. The van der Waals surface area contributed by atoms with Crippen molar-refractivity contribution in [3.8, 4) is 0 Å². The number of hydrogen-bond donors (Lipinski definition) is 3. The number of halogens is 1. The van der Waals surface area contributed by atoms with E-state index in [1.165, 1.54) is 0 Å². The Kier molecular flexibility index (Phi) is 17.4. The first-order valence-electron chi connectivity index (χ1n) is 17.5. The van der Waals surface area contributed by atoms with E-state index >= 15 is 0 Å². The standard InChI is InChI=1S/C38H57ClN4O7/c1-11-28(19-33(44)49-36(26(8)9)50-35(45)34(25(6)7)42-38(47)48-22-39)29-14-17-32(43(20-23(2)3)21-24(4)5)31(18-29)41-37(46)40-30-15-12-27(10)13-16-30/h12-18,23-26,28,34,36H,11,19-22H2,1-10H3,(H,42,47)(H2,40,41,46)/t28-,34-,36-/m0/s1. The second-order valence-corrected chi connectivity index (χ2v) is 14.4. The Morgan fingerprint density at radius 1 is 0.820 bits per heavy atom. The molecule has 50 heavy (non-hydrogen) atoms. The smallest absolute Gasteiger partial charge is 0.409 e. The summed E-state index contributed by atoms with van der Waals surface area (Å²) in [5, 5.41) is 8.44. The van der Waals surface area contributed by atoms with Crippen LogP contribution in [0.25, 0.3) is 0 Å². The summed E-state index contributed by atoms with van der Waals surface area (Å²) in [6.07, 6.45) is -1.41. The third-order valence-electron chi connectivity index (χ3n) is 7.87. The second-order valence-electron chi connectivity index (χ2n) is 14.2. The Bertz CT molecular complexity index is 1390. The summed E-state index contributed by atoms with van der Waals surface area (Å²) < 4.78 is 16.0. The normalized spacial score (nSPS) is 13.1. The van der Waals surface area contributed by atoms with Crippen LogP contribution in [0.1, 0.15) is 92.2 Å². The van der Waals surface area contributed by atoms with Gasteiger partial charge in [0.05, 0.1) is 17.8 Å². The predicted octanol–water partition coefficient (Wildman–Crippen LogP) is 8.66. The molecule has 0 unspecified atom stereocenters.